The van der Waals surface area contributed by atoms with Crippen LogP contribution in [0.4, 0.5) is 0 Å². The van der Waals surface area contributed by atoms with Crippen molar-refractivity contribution in [2.24, 2.45) is 11.7 Å². The van der Waals surface area contributed by atoms with Crippen molar-refractivity contribution >= 4 is 28.3 Å². The number of likely N-dealkylation sites (tertiary alicyclic amines) is 1. The third-order valence-corrected chi connectivity index (χ3v) is 5.84. The molecule has 0 aromatic heterocycles. The van der Waals surface area contributed by atoms with Gasteiger partial charge in [-0.3, -0.25) is 4.79 Å². The standard InChI is InChI=1S/C17H25N3O3S.ClH/c1-3-10-19-24(22,23)16-6-4-15(5-7-16)17(21)20-11-8-14(9-12-20)13(2)18;/h3-7,13-14,19H,1,8-12,18H2,2H3;1H. The number of benzene rings is 1. The molecule has 8 heteroatoms. The highest BCUT2D eigenvalue weighted by Gasteiger charge is 2.25. The summed E-state index contributed by atoms with van der Waals surface area (Å²) < 4.78 is 26.4. The minimum atomic E-state index is -3.57. The first-order chi connectivity index (χ1) is 11.3. The summed E-state index contributed by atoms with van der Waals surface area (Å²) >= 11 is 0. The number of nitrogens with zero attached hydrogens (tertiary/aromatic N) is 1. The van der Waals surface area contributed by atoms with Crippen LogP contribution in [-0.2, 0) is 10.0 Å². The molecule has 140 valence electrons. The van der Waals surface area contributed by atoms with E-state index in [0.29, 0.717) is 24.6 Å². The summed E-state index contributed by atoms with van der Waals surface area (Å²) in [5, 5.41) is 0. The van der Waals surface area contributed by atoms with E-state index in [1.807, 2.05) is 6.92 Å². The molecular weight excluding hydrogens is 362 g/mol. The molecule has 0 radical (unpaired) electrons. The largest absolute Gasteiger partial charge is 0.339 e. The first-order valence-electron chi connectivity index (χ1n) is 8.10. The molecule has 1 aliphatic rings. The van der Waals surface area contributed by atoms with Crippen molar-refractivity contribution in [1.29, 1.82) is 0 Å². The van der Waals surface area contributed by atoms with Crippen molar-refractivity contribution < 1.29 is 13.2 Å². The van der Waals surface area contributed by atoms with Gasteiger partial charge in [0.1, 0.15) is 0 Å². The molecule has 1 aromatic rings. The number of sulfonamides is 1. The van der Waals surface area contributed by atoms with Gasteiger partial charge < -0.3 is 10.6 Å². The Hall–Kier alpha value is -1.41. The molecule has 6 nitrogen and oxygen atoms in total. The number of nitrogens with one attached hydrogen (secondary N) is 1. The van der Waals surface area contributed by atoms with E-state index in [4.69, 9.17) is 5.73 Å². The molecule has 0 saturated carbocycles. The van der Waals surface area contributed by atoms with Crippen LogP contribution in [0.5, 0.6) is 0 Å². The van der Waals surface area contributed by atoms with Crippen molar-refractivity contribution in [3.63, 3.8) is 0 Å². The first-order valence-corrected chi connectivity index (χ1v) is 9.59. The van der Waals surface area contributed by atoms with Gasteiger partial charge in [0.05, 0.1) is 4.90 Å². The Morgan fingerprint density at radius 2 is 1.92 bits per heavy atom. The predicted molar refractivity (Wildman–Crippen MR) is 101 cm³/mol. The van der Waals surface area contributed by atoms with Gasteiger partial charge in [0.25, 0.3) is 5.91 Å². The van der Waals surface area contributed by atoms with Gasteiger partial charge >= 0.3 is 0 Å². The number of nitrogens with two attached hydrogens (primary N) is 1. The summed E-state index contributed by atoms with van der Waals surface area (Å²) in [4.78, 5) is 14.5. The maximum Gasteiger partial charge on any atom is 0.253 e. The van der Waals surface area contributed by atoms with Crippen molar-refractivity contribution in [1.82, 2.24) is 9.62 Å². The lowest BCUT2D eigenvalue weighted by Gasteiger charge is -2.33. The molecule has 3 N–H and O–H groups in total. The Morgan fingerprint density at radius 1 is 1.36 bits per heavy atom. The topological polar surface area (TPSA) is 92.5 Å². The Kier molecular flexibility index (Phi) is 8.08. The maximum absolute atomic E-state index is 12.5. The average molecular weight is 388 g/mol. The minimum absolute atomic E-state index is 0. The molecule has 2 rings (SSSR count). The van der Waals surface area contributed by atoms with E-state index in [1.54, 1.807) is 17.0 Å². The molecule has 1 heterocycles. The average Bonchev–Trinajstić information content (AvgIpc) is 2.59. The van der Waals surface area contributed by atoms with Crippen LogP contribution < -0.4 is 10.5 Å². The second kappa shape index (κ2) is 9.33. The molecule has 1 aromatic carbocycles. The van der Waals surface area contributed by atoms with E-state index in [-0.39, 0.29) is 35.8 Å². The molecular formula is C17H26ClN3O3S. The fourth-order valence-corrected chi connectivity index (χ4v) is 3.84. The monoisotopic (exact) mass is 387 g/mol. The van der Waals surface area contributed by atoms with Gasteiger partial charge in [0.2, 0.25) is 10.0 Å². The normalized spacial score (nSPS) is 16.8. The zero-order valence-corrected chi connectivity index (χ0v) is 16.0. The highest BCUT2D eigenvalue weighted by Crippen LogP contribution is 2.21. The Labute approximate surface area is 155 Å². The summed E-state index contributed by atoms with van der Waals surface area (Å²) in [7, 11) is -3.57. The summed E-state index contributed by atoms with van der Waals surface area (Å²) in [6.07, 6.45) is 3.28. The van der Waals surface area contributed by atoms with E-state index in [1.165, 1.54) is 18.2 Å². The van der Waals surface area contributed by atoms with Crippen molar-refractivity contribution in [2.45, 2.75) is 30.7 Å². The van der Waals surface area contributed by atoms with Gasteiger partial charge in [0, 0.05) is 31.2 Å². The quantitative estimate of drug-likeness (QED) is 0.727. The number of piperidine rings is 1. The SMILES string of the molecule is C=CCNS(=O)(=O)c1ccc(C(=O)N2CCC(C(C)N)CC2)cc1.Cl. The van der Waals surface area contributed by atoms with E-state index in [0.717, 1.165) is 12.8 Å². The van der Waals surface area contributed by atoms with Crippen LogP contribution in [0.25, 0.3) is 0 Å². The molecule has 1 amide bonds. The van der Waals surface area contributed by atoms with E-state index in [2.05, 4.69) is 11.3 Å². The molecule has 1 fully saturated rings. The number of carbonyl (C=O) groups excluding carboxylic acids is 1. The number of hydrogen-bond donors (Lipinski definition) is 2. The van der Waals surface area contributed by atoms with Crippen LogP contribution in [0.3, 0.4) is 0 Å². The van der Waals surface area contributed by atoms with Crippen molar-refractivity contribution in [3.8, 4) is 0 Å². The summed E-state index contributed by atoms with van der Waals surface area (Å²) in [5.74, 6) is 0.388. The third-order valence-electron chi connectivity index (χ3n) is 4.40. The smallest absolute Gasteiger partial charge is 0.253 e. The molecule has 25 heavy (non-hydrogen) atoms. The van der Waals surface area contributed by atoms with Gasteiger partial charge in [-0.25, -0.2) is 13.1 Å². The zero-order chi connectivity index (χ0) is 17.7. The van der Waals surface area contributed by atoms with Crippen LogP contribution in [0, 0.1) is 5.92 Å². The van der Waals surface area contributed by atoms with E-state index in [9.17, 15) is 13.2 Å². The second-order valence-corrected chi connectivity index (χ2v) is 7.92. The van der Waals surface area contributed by atoms with Gasteiger partial charge in [0.15, 0.2) is 0 Å². The first kappa shape index (κ1) is 21.6. The summed E-state index contributed by atoms with van der Waals surface area (Å²) in [5.41, 5.74) is 6.42. The highest BCUT2D eigenvalue weighted by atomic mass is 35.5. The zero-order valence-electron chi connectivity index (χ0n) is 14.3. The summed E-state index contributed by atoms with van der Waals surface area (Å²) in [6, 6.07) is 6.17. The summed E-state index contributed by atoms with van der Waals surface area (Å²) in [6.45, 7) is 7.02. The van der Waals surface area contributed by atoms with Crippen LogP contribution in [-0.4, -0.2) is 44.9 Å². The number of amides is 1. The van der Waals surface area contributed by atoms with Gasteiger partial charge in [-0.1, -0.05) is 6.08 Å². The fourth-order valence-electron chi connectivity index (χ4n) is 2.84. The van der Waals surface area contributed by atoms with E-state index < -0.39 is 10.0 Å². The molecule has 0 bridgehead atoms. The van der Waals surface area contributed by atoms with E-state index >= 15 is 0 Å². The maximum atomic E-state index is 12.5. The van der Waals surface area contributed by atoms with Crippen molar-refractivity contribution in [2.75, 3.05) is 19.6 Å². The molecule has 0 spiro atoms. The fraction of sp³-hybridized carbons (Fsp3) is 0.471. The molecule has 1 saturated heterocycles. The Morgan fingerprint density at radius 3 is 2.40 bits per heavy atom. The van der Waals surface area contributed by atoms with Gasteiger partial charge in [-0.15, -0.1) is 19.0 Å². The van der Waals surface area contributed by atoms with Gasteiger partial charge in [-0.05, 0) is 49.9 Å². The molecule has 1 aliphatic heterocycles. The molecule has 0 aliphatic carbocycles. The minimum Gasteiger partial charge on any atom is -0.339 e. The van der Waals surface area contributed by atoms with Crippen LogP contribution in [0.1, 0.15) is 30.1 Å². The van der Waals surface area contributed by atoms with Crippen LogP contribution in [0.15, 0.2) is 41.8 Å². The molecule has 1 unspecified atom stereocenters. The van der Waals surface area contributed by atoms with Crippen LogP contribution in [0.2, 0.25) is 0 Å². The number of rotatable bonds is 6. The lowest BCUT2D eigenvalue weighted by Crippen LogP contribution is -2.42. The lowest BCUT2D eigenvalue weighted by molar-refractivity contribution is 0.0681. The molecule has 1 atom stereocenters. The number of halogens is 1. The van der Waals surface area contributed by atoms with Crippen LogP contribution >= 0.6 is 12.4 Å². The second-order valence-electron chi connectivity index (χ2n) is 6.15. The number of carbonyl (C=O) groups is 1. The lowest BCUT2D eigenvalue weighted by atomic mass is 9.90. The van der Waals surface area contributed by atoms with Gasteiger partial charge in [-0.2, -0.15) is 0 Å². The highest BCUT2D eigenvalue weighted by molar-refractivity contribution is 7.89. The Bertz CT molecular complexity index is 682. The predicted octanol–water partition coefficient (Wildman–Crippen LogP) is 1.77. The van der Waals surface area contributed by atoms with Crippen molar-refractivity contribution in [3.05, 3.63) is 42.5 Å². The number of hydrogen-bond acceptors (Lipinski definition) is 4. The third kappa shape index (κ3) is 5.54. The Balaban J connectivity index is 0.00000312.